The smallest absolute Gasteiger partial charge is 0.251 e. The number of amides is 1. The number of pyridine rings is 1. The average molecular weight is 313 g/mol. The number of nitrogens with one attached hydrogen (secondary N) is 2. The predicted molar refractivity (Wildman–Crippen MR) is 84.5 cm³/mol. The van der Waals surface area contributed by atoms with Crippen molar-refractivity contribution in [1.82, 2.24) is 10.3 Å². The molecular weight excluding hydrogens is 290 g/mol. The van der Waals surface area contributed by atoms with Crippen molar-refractivity contribution in [2.24, 2.45) is 0 Å². The van der Waals surface area contributed by atoms with Crippen LogP contribution in [-0.4, -0.2) is 44.4 Å². The van der Waals surface area contributed by atoms with Gasteiger partial charge in [0.25, 0.3) is 5.91 Å². The Morgan fingerprint density at radius 3 is 2.38 bits per heavy atom. The van der Waals surface area contributed by atoms with Gasteiger partial charge in [-0.15, -0.1) is 0 Å². The summed E-state index contributed by atoms with van der Waals surface area (Å²) >= 11 is 0. The van der Waals surface area contributed by atoms with Crippen LogP contribution in [0.4, 0.5) is 5.82 Å². The molecule has 21 heavy (non-hydrogen) atoms. The lowest BCUT2D eigenvalue weighted by Gasteiger charge is -2.15. The zero-order chi connectivity index (χ0) is 16.2. The molecule has 1 unspecified atom stereocenters. The van der Waals surface area contributed by atoms with Crippen molar-refractivity contribution in [3.8, 4) is 0 Å². The zero-order valence-corrected chi connectivity index (χ0v) is 13.9. The highest BCUT2D eigenvalue weighted by Gasteiger charge is 2.16. The Labute approximate surface area is 126 Å². The molecule has 0 saturated heterocycles. The van der Waals surface area contributed by atoms with Crippen LogP contribution >= 0.6 is 0 Å². The van der Waals surface area contributed by atoms with Crippen LogP contribution < -0.4 is 10.6 Å². The zero-order valence-electron chi connectivity index (χ0n) is 13.1. The number of carbonyl (C=O) groups excluding carboxylic acids is 1. The molecule has 0 aliphatic carbocycles. The first-order valence-electron chi connectivity index (χ1n) is 6.80. The third-order valence-corrected chi connectivity index (χ3v) is 3.99. The van der Waals surface area contributed by atoms with Crippen LogP contribution in [0.25, 0.3) is 0 Å². The Hall–Kier alpha value is -1.63. The van der Waals surface area contributed by atoms with Crippen LogP contribution in [-0.2, 0) is 9.84 Å². The van der Waals surface area contributed by atoms with E-state index in [9.17, 15) is 13.2 Å². The van der Waals surface area contributed by atoms with Crippen molar-refractivity contribution >= 4 is 21.6 Å². The summed E-state index contributed by atoms with van der Waals surface area (Å²) in [5.74, 6) is 0.423. The number of aromatic nitrogens is 1. The molecule has 1 amide bonds. The summed E-state index contributed by atoms with van der Waals surface area (Å²) in [6.07, 6.45) is 1.15. The summed E-state index contributed by atoms with van der Waals surface area (Å²) in [6, 6.07) is 2.93. The number of hydrogen-bond donors (Lipinski definition) is 2. The topological polar surface area (TPSA) is 88.2 Å². The third-order valence-electron chi connectivity index (χ3n) is 2.89. The number of hydrogen-bond acceptors (Lipinski definition) is 5. The van der Waals surface area contributed by atoms with E-state index >= 15 is 0 Å². The van der Waals surface area contributed by atoms with Crippen molar-refractivity contribution < 1.29 is 13.2 Å². The van der Waals surface area contributed by atoms with Gasteiger partial charge in [0.2, 0.25) is 0 Å². The second-order valence-electron chi connectivity index (χ2n) is 5.54. The van der Waals surface area contributed by atoms with E-state index in [-0.39, 0.29) is 17.6 Å². The molecule has 0 radical (unpaired) electrons. The predicted octanol–water partition coefficient (Wildman–Crippen LogP) is 1.41. The molecule has 0 aromatic carbocycles. The molecule has 7 heteroatoms. The van der Waals surface area contributed by atoms with Crippen LogP contribution in [0.1, 0.15) is 42.7 Å². The Morgan fingerprint density at radius 1 is 1.29 bits per heavy atom. The van der Waals surface area contributed by atoms with Gasteiger partial charge in [-0.1, -0.05) is 13.8 Å². The maximum Gasteiger partial charge on any atom is 0.251 e. The lowest BCUT2D eigenvalue weighted by Crippen LogP contribution is -2.37. The molecular formula is C14H23N3O3S. The molecule has 0 fully saturated rings. The second kappa shape index (κ2) is 6.89. The molecule has 0 spiro atoms. The van der Waals surface area contributed by atoms with Gasteiger partial charge in [0.15, 0.2) is 0 Å². The summed E-state index contributed by atoms with van der Waals surface area (Å²) in [5.41, 5.74) is 1.28. The van der Waals surface area contributed by atoms with Gasteiger partial charge in [-0.25, -0.2) is 13.4 Å². The van der Waals surface area contributed by atoms with E-state index in [2.05, 4.69) is 15.6 Å². The van der Waals surface area contributed by atoms with Crippen molar-refractivity contribution in [2.75, 3.05) is 24.4 Å². The third kappa shape index (κ3) is 5.71. The van der Waals surface area contributed by atoms with E-state index < -0.39 is 15.9 Å². The molecule has 6 nitrogen and oxygen atoms in total. The monoisotopic (exact) mass is 313 g/mol. The average Bonchev–Trinajstić information content (AvgIpc) is 2.35. The minimum atomic E-state index is -3.13. The molecule has 0 bridgehead atoms. The van der Waals surface area contributed by atoms with Crippen LogP contribution in [0.3, 0.4) is 0 Å². The van der Waals surface area contributed by atoms with Gasteiger partial charge < -0.3 is 10.6 Å². The quantitative estimate of drug-likeness (QED) is 0.829. The van der Waals surface area contributed by atoms with Crippen molar-refractivity contribution in [2.45, 2.75) is 32.7 Å². The lowest BCUT2D eigenvalue weighted by atomic mass is 10.1. The summed E-state index contributed by atoms with van der Waals surface area (Å²) in [5, 5.41) is 5.62. The molecule has 1 aromatic heterocycles. The molecule has 118 valence electrons. The van der Waals surface area contributed by atoms with Crippen LogP contribution in [0.15, 0.2) is 12.1 Å². The summed E-state index contributed by atoms with van der Waals surface area (Å²) in [7, 11) is -1.39. The first kappa shape index (κ1) is 17.4. The van der Waals surface area contributed by atoms with Gasteiger partial charge in [-0.05, 0) is 25.0 Å². The van der Waals surface area contributed by atoms with Crippen molar-refractivity contribution in [3.05, 3.63) is 23.4 Å². The van der Waals surface area contributed by atoms with Gasteiger partial charge in [0, 0.05) is 30.6 Å². The fourth-order valence-corrected chi connectivity index (χ4v) is 2.90. The van der Waals surface area contributed by atoms with Gasteiger partial charge >= 0.3 is 0 Å². The van der Waals surface area contributed by atoms with E-state index in [1.165, 1.54) is 0 Å². The Balaban J connectivity index is 2.94. The second-order valence-corrected chi connectivity index (χ2v) is 7.72. The van der Waals surface area contributed by atoms with Gasteiger partial charge in [0.05, 0.1) is 5.75 Å². The van der Waals surface area contributed by atoms with Crippen LogP contribution in [0.2, 0.25) is 0 Å². The fourth-order valence-electron chi connectivity index (χ4n) is 1.91. The highest BCUT2D eigenvalue weighted by molar-refractivity contribution is 7.90. The summed E-state index contributed by atoms with van der Waals surface area (Å²) in [6.45, 7) is 5.66. The number of carbonyl (C=O) groups is 1. The summed E-state index contributed by atoms with van der Waals surface area (Å²) in [4.78, 5) is 16.6. The fraction of sp³-hybridized carbons (Fsp3) is 0.571. The van der Waals surface area contributed by atoms with Crippen molar-refractivity contribution in [1.29, 1.82) is 0 Å². The van der Waals surface area contributed by atoms with Crippen LogP contribution in [0, 0.1) is 0 Å². The molecule has 1 atom stereocenters. The molecule has 0 saturated carbocycles. The Kier molecular flexibility index (Phi) is 5.71. The number of nitrogens with zero attached hydrogens (tertiary/aromatic N) is 1. The maximum atomic E-state index is 12.2. The molecule has 1 rings (SSSR count). The molecule has 1 heterocycles. The van der Waals surface area contributed by atoms with E-state index in [0.717, 1.165) is 11.9 Å². The number of sulfone groups is 1. The number of anilines is 1. The SMILES string of the molecule is CNc1cc(C(=O)NC(C)CS(C)(=O)=O)cc(C(C)C)n1. The molecule has 2 N–H and O–H groups in total. The molecule has 1 aromatic rings. The molecule has 0 aliphatic heterocycles. The van der Waals surface area contributed by atoms with E-state index in [4.69, 9.17) is 0 Å². The lowest BCUT2D eigenvalue weighted by molar-refractivity contribution is 0.0943. The van der Waals surface area contributed by atoms with E-state index in [1.54, 1.807) is 26.1 Å². The van der Waals surface area contributed by atoms with Gasteiger partial charge in [-0.2, -0.15) is 0 Å². The normalized spacial score (nSPS) is 13.0. The Morgan fingerprint density at radius 2 is 1.90 bits per heavy atom. The standard InChI is InChI=1S/C14H23N3O3S/c1-9(2)12-6-11(7-13(15-4)17-12)14(18)16-10(3)8-21(5,19)20/h6-7,9-10H,8H2,1-5H3,(H,15,17)(H,16,18). The summed E-state index contributed by atoms with van der Waals surface area (Å²) < 4.78 is 22.5. The highest BCUT2D eigenvalue weighted by Crippen LogP contribution is 2.17. The van der Waals surface area contributed by atoms with E-state index in [0.29, 0.717) is 11.4 Å². The number of rotatable bonds is 6. The van der Waals surface area contributed by atoms with Crippen LogP contribution in [0.5, 0.6) is 0 Å². The first-order valence-corrected chi connectivity index (χ1v) is 8.86. The van der Waals surface area contributed by atoms with Gasteiger partial charge in [-0.3, -0.25) is 4.79 Å². The highest BCUT2D eigenvalue weighted by atomic mass is 32.2. The van der Waals surface area contributed by atoms with Gasteiger partial charge in [0.1, 0.15) is 15.7 Å². The molecule has 0 aliphatic rings. The Bertz CT molecular complexity index is 612. The maximum absolute atomic E-state index is 12.2. The van der Waals surface area contributed by atoms with Crippen molar-refractivity contribution in [3.63, 3.8) is 0 Å². The minimum absolute atomic E-state index is 0.0836. The first-order chi connectivity index (χ1) is 9.62. The largest absolute Gasteiger partial charge is 0.373 e. The minimum Gasteiger partial charge on any atom is -0.373 e. The van der Waals surface area contributed by atoms with E-state index in [1.807, 2.05) is 13.8 Å².